The Labute approximate surface area is 98.5 Å². The molecule has 3 rings (SSSR count). The molecular formula is C11H15N3OS. The Kier molecular flexibility index (Phi) is 2.42. The average Bonchev–Trinajstić information content (AvgIpc) is 2.93. The van der Waals surface area contributed by atoms with E-state index in [1.54, 1.807) is 0 Å². The smallest absolute Gasteiger partial charge is 0.229 e. The van der Waals surface area contributed by atoms with Crippen molar-refractivity contribution < 1.29 is 4.79 Å². The number of fused-ring (bicyclic) bond motifs is 2. The first-order valence-electron chi connectivity index (χ1n) is 5.83. The molecule has 0 aliphatic heterocycles. The number of hydrogen-bond donors (Lipinski definition) is 1. The predicted octanol–water partition coefficient (Wildman–Crippen LogP) is 2.22. The highest BCUT2D eigenvalue weighted by atomic mass is 32.1. The molecule has 3 unspecified atom stereocenters. The monoisotopic (exact) mass is 237 g/mol. The molecule has 0 radical (unpaired) electrons. The number of amides is 1. The quantitative estimate of drug-likeness (QED) is 0.858. The number of nitrogens with zero attached hydrogens (tertiary/aromatic N) is 2. The largest absolute Gasteiger partial charge is 0.300 e. The minimum atomic E-state index is 0.156. The summed E-state index contributed by atoms with van der Waals surface area (Å²) in [4.78, 5) is 12.0. The minimum absolute atomic E-state index is 0.156. The van der Waals surface area contributed by atoms with Crippen molar-refractivity contribution in [1.82, 2.24) is 10.2 Å². The molecule has 1 amide bonds. The Morgan fingerprint density at radius 2 is 2.25 bits per heavy atom. The van der Waals surface area contributed by atoms with E-state index in [2.05, 4.69) is 15.5 Å². The van der Waals surface area contributed by atoms with E-state index in [0.29, 0.717) is 11.0 Å². The number of nitrogens with one attached hydrogen (secondary N) is 1. The molecule has 5 heteroatoms. The van der Waals surface area contributed by atoms with Crippen LogP contribution in [0.2, 0.25) is 0 Å². The summed E-state index contributed by atoms with van der Waals surface area (Å²) in [5.41, 5.74) is 0. The zero-order chi connectivity index (χ0) is 11.1. The average molecular weight is 237 g/mol. The summed E-state index contributed by atoms with van der Waals surface area (Å²) in [5, 5.41) is 12.3. The fraction of sp³-hybridized carbons (Fsp3) is 0.727. The van der Waals surface area contributed by atoms with Crippen LogP contribution >= 0.6 is 11.3 Å². The van der Waals surface area contributed by atoms with Gasteiger partial charge in [0.2, 0.25) is 11.0 Å². The van der Waals surface area contributed by atoms with Crippen LogP contribution in [-0.2, 0) is 4.79 Å². The summed E-state index contributed by atoms with van der Waals surface area (Å²) in [7, 11) is 0. The lowest BCUT2D eigenvalue weighted by Crippen LogP contribution is -2.27. The number of rotatable bonds is 2. The highest BCUT2D eigenvalue weighted by Gasteiger charge is 2.43. The topological polar surface area (TPSA) is 54.9 Å². The van der Waals surface area contributed by atoms with Gasteiger partial charge in [-0.1, -0.05) is 17.8 Å². The van der Waals surface area contributed by atoms with Crippen molar-refractivity contribution in [1.29, 1.82) is 0 Å². The van der Waals surface area contributed by atoms with Gasteiger partial charge < -0.3 is 5.32 Å². The van der Waals surface area contributed by atoms with Gasteiger partial charge in [0.1, 0.15) is 5.01 Å². The highest BCUT2D eigenvalue weighted by molar-refractivity contribution is 7.15. The fourth-order valence-corrected chi connectivity index (χ4v) is 3.71. The molecule has 2 saturated carbocycles. The number of hydrogen-bond acceptors (Lipinski definition) is 4. The van der Waals surface area contributed by atoms with Gasteiger partial charge in [0.25, 0.3) is 0 Å². The van der Waals surface area contributed by atoms with E-state index in [-0.39, 0.29) is 11.8 Å². The lowest BCUT2D eigenvalue weighted by atomic mass is 9.88. The van der Waals surface area contributed by atoms with Crippen LogP contribution in [0.5, 0.6) is 0 Å². The van der Waals surface area contributed by atoms with Gasteiger partial charge in [-0.3, -0.25) is 4.79 Å². The second-order valence-electron chi connectivity index (χ2n) is 4.90. The first kappa shape index (κ1) is 10.2. The first-order chi connectivity index (χ1) is 7.72. The van der Waals surface area contributed by atoms with Crippen LogP contribution in [0.25, 0.3) is 0 Å². The van der Waals surface area contributed by atoms with Crippen LogP contribution < -0.4 is 5.32 Å². The van der Waals surface area contributed by atoms with Crippen LogP contribution in [-0.4, -0.2) is 16.1 Å². The summed E-state index contributed by atoms with van der Waals surface area (Å²) in [6.45, 7) is 1.89. The molecule has 2 aliphatic rings. The fourth-order valence-electron chi connectivity index (χ4n) is 3.11. The molecule has 3 atom stereocenters. The van der Waals surface area contributed by atoms with E-state index < -0.39 is 0 Å². The third-order valence-electron chi connectivity index (χ3n) is 3.83. The van der Waals surface area contributed by atoms with Crippen molar-refractivity contribution in [2.45, 2.75) is 32.6 Å². The third-order valence-corrected chi connectivity index (χ3v) is 4.59. The molecule has 0 spiro atoms. The molecule has 86 valence electrons. The maximum atomic E-state index is 12.0. The molecule has 2 aliphatic carbocycles. The number of aromatic nitrogens is 2. The zero-order valence-corrected chi connectivity index (χ0v) is 10.1. The van der Waals surface area contributed by atoms with E-state index in [9.17, 15) is 4.79 Å². The summed E-state index contributed by atoms with van der Waals surface area (Å²) in [5.74, 6) is 1.81. The van der Waals surface area contributed by atoms with Crippen molar-refractivity contribution in [2.24, 2.45) is 17.8 Å². The summed E-state index contributed by atoms with van der Waals surface area (Å²) in [6, 6.07) is 0. The SMILES string of the molecule is Cc1nnc(NC(=O)C2CC3CCC2C3)s1. The Balaban J connectivity index is 1.65. The highest BCUT2D eigenvalue weighted by Crippen LogP contribution is 2.48. The second kappa shape index (κ2) is 3.80. The molecule has 1 heterocycles. The Bertz CT molecular complexity index is 417. The van der Waals surface area contributed by atoms with Gasteiger partial charge in [-0.15, -0.1) is 10.2 Å². The molecule has 1 N–H and O–H groups in total. The van der Waals surface area contributed by atoms with Gasteiger partial charge >= 0.3 is 0 Å². The van der Waals surface area contributed by atoms with E-state index in [0.717, 1.165) is 17.3 Å². The standard InChI is InChI=1S/C11H15N3OS/c1-6-13-14-11(16-6)12-10(15)9-5-7-2-3-8(9)4-7/h7-9H,2-5H2,1H3,(H,12,14,15). The van der Waals surface area contributed by atoms with E-state index in [4.69, 9.17) is 0 Å². The van der Waals surface area contributed by atoms with Crippen molar-refractivity contribution in [2.75, 3.05) is 5.32 Å². The van der Waals surface area contributed by atoms with Crippen LogP contribution in [0.4, 0.5) is 5.13 Å². The maximum Gasteiger partial charge on any atom is 0.229 e. The lowest BCUT2D eigenvalue weighted by molar-refractivity contribution is -0.121. The minimum Gasteiger partial charge on any atom is -0.300 e. The van der Waals surface area contributed by atoms with E-state index >= 15 is 0 Å². The van der Waals surface area contributed by atoms with Gasteiger partial charge in [-0.25, -0.2) is 0 Å². The maximum absolute atomic E-state index is 12.0. The molecule has 1 aromatic heterocycles. The molecule has 2 bridgehead atoms. The zero-order valence-electron chi connectivity index (χ0n) is 9.27. The van der Waals surface area contributed by atoms with Crippen LogP contribution in [0.1, 0.15) is 30.7 Å². The summed E-state index contributed by atoms with van der Waals surface area (Å²) >= 11 is 1.44. The van der Waals surface area contributed by atoms with E-state index in [1.807, 2.05) is 6.92 Å². The van der Waals surface area contributed by atoms with Gasteiger partial charge in [-0.05, 0) is 38.0 Å². The van der Waals surface area contributed by atoms with E-state index in [1.165, 1.54) is 30.6 Å². The van der Waals surface area contributed by atoms with Crippen molar-refractivity contribution in [3.8, 4) is 0 Å². The van der Waals surface area contributed by atoms with Gasteiger partial charge in [0.05, 0.1) is 0 Å². The molecular weight excluding hydrogens is 222 g/mol. The second-order valence-corrected chi connectivity index (χ2v) is 6.08. The van der Waals surface area contributed by atoms with Crippen molar-refractivity contribution in [3.05, 3.63) is 5.01 Å². The number of aryl methyl sites for hydroxylation is 1. The normalized spacial score (nSPS) is 31.9. The van der Waals surface area contributed by atoms with Crippen molar-refractivity contribution >= 4 is 22.4 Å². The predicted molar refractivity (Wildman–Crippen MR) is 62.2 cm³/mol. The van der Waals surface area contributed by atoms with Gasteiger partial charge in [0, 0.05) is 5.92 Å². The molecule has 0 saturated heterocycles. The summed E-state index contributed by atoms with van der Waals surface area (Å²) in [6.07, 6.45) is 4.89. The van der Waals surface area contributed by atoms with Gasteiger partial charge in [-0.2, -0.15) is 0 Å². The number of anilines is 1. The molecule has 1 aromatic rings. The number of carbonyl (C=O) groups is 1. The first-order valence-corrected chi connectivity index (χ1v) is 6.65. The van der Waals surface area contributed by atoms with Crippen LogP contribution in [0, 0.1) is 24.7 Å². The Morgan fingerprint density at radius 3 is 2.81 bits per heavy atom. The molecule has 2 fully saturated rings. The van der Waals surface area contributed by atoms with Gasteiger partial charge in [0.15, 0.2) is 0 Å². The molecule has 16 heavy (non-hydrogen) atoms. The summed E-state index contributed by atoms with van der Waals surface area (Å²) < 4.78 is 0. The Morgan fingerprint density at radius 1 is 1.38 bits per heavy atom. The van der Waals surface area contributed by atoms with Crippen LogP contribution in [0.15, 0.2) is 0 Å². The lowest BCUT2D eigenvalue weighted by Gasteiger charge is -2.19. The molecule has 0 aromatic carbocycles. The Hall–Kier alpha value is -0.970. The molecule has 4 nitrogen and oxygen atoms in total. The van der Waals surface area contributed by atoms with Crippen molar-refractivity contribution in [3.63, 3.8) is 0 Å². The van der Waals surface area contributed by atoms with Crippen LogP contribution in [0.3, 0.4) is 0 Å². The number of carbonyl (C=O) groups excluding carboxylic acids is 1. The third kappa shape index (κ3) is 1.73.